The van der Waals surface area contributed by atoms with Gasteiger partial charge < -0.3 is 20.1 Å². The zero-order valence-electron chi connectivity index (χ0n) is 12.1. The molecule has 6 heteroatoms. The molecule has 0 spiro atoms. The minimum absolute atomic E-state index is 0. The van der Waals surface area contributed by atoms with Crippen molar-refractivity contribution in [1.82, 2.24) is 10.6 Å². The van der Waals surface area contributed by atoms with Crippen LogP contribution in [0.1, 0.15) is 27.2 Å². The number of nitrogens with one attached hydrogen (secondary N) is 2. The normalized spacial score (nSPS) is 20.7. The number of carbonyl (C=O) groups excluding carboxylic acids is 1. The minimum Gasteiger partial charge on any atom is -0.378 e. The number of morpholine rings is 1. The van der Waals surface area contributed by atoms with Crippen LogP contribution in [-0.4, -0.2) is 51.0 Å². The summed E-state index contributed by atoms with van der Waals surface area (Å²) < 4.78 is 11.0. The van der Waals surface area contributed by atoms with Crippen LogP contribution in [0.2, 0.25) is 0 Å². The summed E-state index contributed by atoms with van der Waals surface area (Å²) in [6.45, 7) is 9.65. The smallest absolute Gasteiger partial charge is 0.250 e. The van der Waals surface area contributed by atoms with E-state index in [2.05, 4.69) is 24.5 Å². The quantitative estimate of drug-likeness (QED) is 0.734. The van der Waals surface area contributed by atoms with Crippen LogP contribution in [-0.2, 0) is 14.3 Å². The van der Waals surface area contributed by atoms with Gasteiger partial charge >= 0.3 is 0 Å². The van der Waals surface area contributed by atoms with Crippen molar-refractivity contribution in [2.75, 3.05) is 32.8 Å². The van der Waals surface area contributed by atoms with E-state index in [4.69, 9.17) is 9.47 Å². The maximum atomic E-state index is 11.8. The topological polar surface area (TPSA) is 59.6 Å². The Morgan fingerprint density at radius 3 is 2.79 bits per heavy atom. The average Bonchev–Trinajstić information content (AvgIpc) is 2.38. The van der Waals surface area contributed by atoms with Crippen molar-refractivity contribution >= 4 is 18.3 Å². The SMILES string of the molecule is CCOC(CCNC(=O)C1CNCCO1)C(C)C.Cl. The van der Waals surface area contributed by atoms with Gasteiger partial charge in [-0.2, -0.15) is 0 Å². The first-order valence-corrected chi connectivity index (χ1v) is 6.86. The highest BCUT2D eigenvalue weighted by atomic mass is 35.5. The number of ether oxygens (including phenoxy) is 2. The van der Waals surface area contributed by atoms with Gasteiger partial charge in [0.05, 0.1) is 12.7 Å². The first-order chi connectivity index (χ1) is 8.65. The molecule has 0 radical (unpaired) electrons. The average molecular weight is 295 g/mol. The maximum absolute atomic E-state index is 11.8. The Hall–Kier alpha value is -0.360. The molecule has 19 heavy (non-hydrogen) atoms. The number of rotatable bonds is 7. The lowest BCUT2D eigenvalue weighted by Gasteiger charge is -2.24. The molecule has 2 N–H and O–H groups in total. The van der Waals surface area contributed by atoms with Crippen molar-refractivity contribution < 1.29 is 14.3 Å². The number of amides is 1. The largest absolute Gasteiger partial charge is 0.378 e. The van der Waals surface area contributed by atoms with Crippen LogP contribution >= 0.6 is 12.4 Å². The van der Waals surface area contributed by atoms with Crippen molar-refractivity contribution in [2.45, 2.75) is 39.4 Å². The fraction of sp³-hybridized carbons (Fsp3) is 0.923. The predicted molar refractivity (Wildman–Crippen MR) is 77.7 cm³/mol. The van der Waals surface area contributed by atoms with Crippen LogP contribution in [0, 0.1) is 5.92 Å². The van der Waals surface area contributed by atoms with Crippen molar-refractivity contribution in [3.8, 4) is 0 Å². The molecule has 1 fully saturated rings. The number of hydrogen-bond acceptors (Lipinski definition) is 4. The van der Waals surface area contributed by atoms with Crippen LogP contribution in [0.15, 0.2) is 0 Å². The van der Waals surface area contributed by atoms with Crippen LogP contribution < -0.4 is 10.6 Å². The molecular weight excluding hydrogens is 268 g/mol. The molecule has 1 amide bonds. The van der Waals surface area contributed by atoms with Crippen molar-refractivity contribution in [3.05, 3.63) is 0 Å². The predicted octanol–water partition coefficient (Wildman–Crippen LogP) is 0.964. The van der Waals surface area contributed by atoms with Gasteiger partial charge in [0, 0.05) is 26.2 Å². The summed E-state index contributed by atoms with van der Waals surface area (Å²) in [6.07, 6.45) is 0.709. The molecule has 114 valence electrons. The highest BCUT2D eigenvalue weighted by Crippen LogP contribution is 2.10. The first kappa shape index (κ1) is 18.6. The van der Waals surface area contributed by atoms with Crippen LogP contribution in [0.5, 0.6) is 0 Å². The fourth-order valence-corrected chi connectivity index (χ4v) is 2.01. The van der Waals surface area contributed by atoms with Gasteiger partial charge in [-0.3, -0.25) is 4.79 Å². The lowest BCUT2D eigenvalue weighted by Crippen LogP contribution is -2.48. The molecule has 1 aliphatic rings. The Balaban J connectivity index is 0.00000324. The number of hydrogen-bond donors (Lipinski definition) is 2. The molecule has 1 rings (SSSR count). The van der Waals surface area contributed by atoms with E-state index in [-0.39, 0.29) is 30.5 Å². The van der Waals surface area contributed by atoms with Gasteiger partial charge in [0.2, 0.25) is 5.91 Å². The van der Waals surface area contributed by atoms with Crippen molar-refractivity contribution in [1.29, 1.82) is 0 Å². The summed E-state index contributed by atoms with van der Waals surface area (Å²) in [5.74, 6) is 0.440. The number of halogens is 1. The van der Waals surface area contributed by atoms with Crippen LogP contribution in [0.4, 0.5) is 0 Å². The number of carbonyl (C=O) groups is 1. The second-order valence-corrected chi connectivity index (χ2v) is 4.88. The summed E-state index contributed by atoms with van der Waals surface area (Å²) in [5.41, 5.74) is 0. The van der Waals surface area contributed by atoms with E-state index in [0.29, 0.717) is 32.2 Å². The van der Waals surface area contributed by atoms with Crippen molar-refractivity contribution in [3.63, 3.8) is 0 Å². The molecule has 1 heterocycles. The Kier molecular flexibility index (Phi) is 10.2. The summed E-state index contributed by atoms with van der Waals surface area (Å²) in [5, 5.41) is 6.06. The van der Waals surface area contributed by atoms with E-state index in [1.807, 2.05) is 6.92 Å². The highest BCUT2D eigenvalue weighted by Gasteiger charge is 2.21. The van der Waals surface area contributed by atoms with E-state index in [1.54, 1.807) is 0 Å². The third-order valence-electron chi connectivity index (χ3n) is 3.07. The molecule has 0 aliphatic carbocycles. The van der Waals surface area contributed by atoms with E-state index in [0.717, 1.165) is 13.0 Å². The molecule has 2 unspecified atom stereocenters. The minimum atomic E-state index is -0.344. The lowest BCUT2D eigenvalue weighted by molar-refractivity contribution is -0.134. The van der Waals surface area contributed by atoms with Gasteiger partial charge in [-0.05, 0) is 19.3 Å². The zero-order chi connectivity index (χ0) is 13.4. The Labute approximate surface area is 122 Å². The van der Waals surface area contributed by atoms with E-state index in [1.165, 1.54) is 0 Å². The third-order valence-corrected chi connectivity index (χ3v) is 3.07. The molecular formula is C13H27ClN2O3. The second-order valence-electron chi connectivity index (χ2n) is 4.88. The van der Waals surface area contributed by atoms with E-state index >= 15 is 0 Å². The summed E-state index contributed by atoms with van der Waals surface area (Å²) >= 11 is 0. The Morgan fingerprint density at radius 2 is 2.26 bits per heavy atom. The fourth-order valence-electron chi connectivity index (χ4n) is 2.01. The van der Waals surface area contributed by atoms with Gasteiger partial charge in [0.15, 0.2) is 0 Å². The maximum Gasteiger partial charge on any atom is 0.250 e. The van der Waals surface area contributed by atoms with Gasteiger partial charge in [-0.15, -0.1) is 12.4 Å². The molecule has 2 atom stereocenters. The summed E-state index contributed by atoms with van der Waals surface area (Å²) in [7, 11) is 0. The molecule has 1 aliphatic heterocycles. The van der Waals surface area contributed by atoms with Gasteiger partial charge in [0.1, 0.15) is 6.10 Å². The lowest BCUT2D eigenvalue weighted by atomic mass is 10.0. The van der Waals surface area contributed by atoms with Crippen LogP contribution in [0.3, 0.4) is 0 Å². The van der Waals surface area contributed by atoms with Gasteiger partial charge in [0.25, 0.3) is 0 Å². The van der Waals surface area contributed by atoms with Gasteiger partial charge in [-0.25, -0.2) is 0 Å². The monoisotopic (exact) mass is 294 g/mol. The molecule has 0 aromatic heterocycles. The molecule has 1 saturated heterocycles. The summed E-state index contributed by atoms with van der Waals surface area (Å²) in [6, 6.07) is 0. The molecule has 0 bridgehead atoms. The molecule has 0 saturated carbocycles. The zero-order valence-corrected chi connectivity index (χ0v) is 12.9. The van der Waals surface area contributed by atoms with Crippen LogP contribution in [0.25, 0.3) is 0 Å². The van der Waals surface area contributed by atoms with Crippen molar-refractivity contribution in [2.24, 2.45) is 5.92 Å². The molecule has 5 nitrogen and oxygen atoms in total. The first-order valence-electron chi connectivity index (χ1n) is 6.86. The Morgan fingerprint density at radius 1 is 1.53 bits per heavy atom. The van der Waals surface area contributed by atoms with E-state index in [9.17, 15) is 4.79 Å². The molecule has 0 aromatic rings. The summed E-state index contributed by atoms with van der Waals surface area (Å²) in [4.78, 5) is 11.8. The van der Waals surface area contributed by atoms with Gasteiger partial charge in [-0.1, -0.05) is 13.8 Å². The highest BCUT2D eigenvalue weighted by molar-refractivity contribution is 5.85. The third kappa shape index (κ3) is 7.11. The standard InChI is InChI=1S/C13H26N2O3.ClH/c1-4-17-11(10(2)3)5-6-15-13(16)12-9-14-7-8-18-12;/h10-12,14H,4-9H2,1-3H3,(H,15,16);1H. The van der Waals surface area contributed by atoms with E-state index < -0.39 is 0 Å². The Bertz CT molecular complexity index is 246. The second kappa shape index (κ2) is 10.4. The molecule has 0 aromatic carbocycles.